The Bertz CT molecular complexity index is 557. The van der Waals surface area contributed by atoms with Gasteiger partial charge in [0.2, 0.25) is 5.91 Å². The predicted molar refractivity (Wildman–Crippen MR) is 90.7 cm³/mol. The fraction of sp³-hybridized carbons (Fsp3) is 0.611. The van der Waals surface area contributed by atoms with Gasteiger partial charge in [-0.25, -0.2) is 0 Å². The summed E-state index contributed by atoms with van der Waals surface area (Å²) in [6, 6.07) is 3.61. The predicted octanol–water partition coefficient (Wildman–Crippen LogP) is 2.35. The summed E-state index contributed by atoms with van der Waals surface area (Å²) in [6.07, 6.45) is 0.818. The van der Waals surface area contributed by atoms with Crippen molar-refractivity contribution in [1.29, 1.82) is 0 Å². The largest absolute Gasteiger partial charge is 0.490 e. The summed E-state index contributed by atoms with van der Waals surface area (Å²) in [5, 5.41) is 0. The quantitative estimate of drug-likeness (QED) is 0.874. The first-order chi connectivity index (χ1) is 11.0. The maximum Gasteiger partial charge on any atom is 0.240 e. The van der Waals surface area contributed by atoms with Crippen LogP contribution in [-0.2, 0) is 17.8 Å². The highest BCUT2D eigenvalue weighted by molar-refractivity contribution is 5.82. The summed E-state index contributed by atoms with van der Waals surface area (Å²) in [7, 11) is 0. The van der Waals surface area contributed by atoms with Crippen LogP contribution in [-0.4, -0.2) is 36.6 Å². The number of amides is 1. The third-order valence-electron chi connectivity index (χ3n) is 4.19. The molecule has 1 atom stereocenters. The number of ether oxygens (including phenoxy) is 2. The molecule has 1 aliphatic heterocycles. The zero-order valence-corrected chi connectivity index (χ0v) is 14.6. The Morgan fingerprint density at radius 1 is 1.17 bits per heavy atom. The summed E-state index contributed by atoms with van der Waals surface area (Å²) in [5.41, 5.74) is 8.36. The van der Waals surface area contributed by atoms with E-state index >= 15 is 0 Å². The molecule has 128 valence electrons. The summed E-state index contributed by atoms with van der Waals surface area (Å²) in [4.78, 5) is 14.3. The molecule has 0 aliphatic carbocycles. The molecule has 5 heteroatoms. The Balaban J connectivity index is 2.22. The Hall–Kier alpha value is -1.75. The average Bonchev–Trinajstić information content (AvgIpc) is 2.54. The van der Waals surface area contributed by atoms with Crippen LogP contribution in [0.25, 0.3) is 0 Å². The number of rotatable bonds is 6. The number of hydrogen-bond donors (Lipinski definition) is 1. The number of benzene rings is 1. The van der Waals surface area contributed by atoms with Crippen molar-refractivity contribution in [3.8, 4) is 11.5 Å². The van der Waals surface area contributed by atoms with Crippen LogP contribution in [0.3, 0.4) is 0 Å². The van der Waals surface area contributed by atoms with Gasteiger partial charge in [-0.15, -0.1) is 0 Å². The lowest BCUT2D eigenvalue weighted by atomic mass is 9.97. The molecule has 1 heterocycles. The second kappa shape index (κ2) is 7.68. The van der Waals surface area contributed by atoms with E-state index in [0.29, 0.717) is 26.3 Å². The normalized spacial score (nSPS) is 15.3. The maximum absolute atomic E-state index is 12.5. The van der Waals surface area contributed by atoms with E-state index in [-0.39, 0.29) is 11.8 Å². The van der Waals surface area contributed by atoms with Crippen molar-refractivity contribution in [2.75, 3.05) is 19.8 Å². The van der Waals surface area contributed by atoms with E-state index < -0.39 is 6.04 Å². The van der Waals surface area contributed by atoms with Crippen LogP contribution < -0.4 is 15.2 Å². The topological polar surface area (TPSA) is 64.8 Å². The molecule has 0 saturated carbocycles. The SMILES string of the molecule is CCOc1cc2c(cc1OCC)CN(C(=O)[C@@H](N)C(C)C)CC2. The van der Waals surface area contributed by atoms with Gasteiger partial charge in [0.05, 0.1) is 19.3 Å². The maximum atomic E-state index is 12.5. The van der Waals surface area contributed by atoms with Crippen molar-refractivity contribution >= 4 is 5.91 Å². The molecule has 23 heavy (non-hydrogen) atoms. The van der Waals surface area contributed by atoms with Gasteiger partial charge in [0.25, 0.3) is 0 Å². The third-order valence-corrected chi connectivity index (χ3v) is 4.19. The molecule has 0 unspecified atom stereocenters. The lowest BCUT2D eigenvalue weighted by Gasteiger charge is -2.32. The summed E-state index contributed by atoms with van der Waals surface area (Å²) in [6.45, 7) is 10.3. The van der Waals surface area contributed by atoms with E-state index in [2.05, 4.69) is 0 Å². The summed E-state index contributed by atoms with van der Waals surface area (Å²) < 4.78 is 11.4. The fourth-order valence-corrected chi connectivity index (χ4v) is 2.78. The second-order valence-electron chi connectivity index (χ2n) is 6.21. The molecule has 0 spiro atoms. The van der Waals surface area contributed by atoms with E-state index in [1.807, 2.05) is 44.7 Å². The van der Waals surface area contributed by atoms with Gasteiger partial charge in [0.15, 0.2) is 11.5 Å². The number of fused-ring (bicyclic) bond motifs is 1. The van der Waals surface area contributed by atoms with Crippen molar-refractivity contribution in [1.82, 2.24) is 4.90 Å². The third kappa shape index (κ3) is 3.96. The first kappa shape index (κ1) is 17.6. The summed E-state index contributed by atoms with van der Waals surface area (Å²) >= 11 is 0. The molecule has 0 saturated heterocycles. The average molecular weight is 320 g/mol. The molecule has 0 radical (unpaired) electrons. The number of carbonyl (C=O) groups is 1. The number of hydrogen-bond acceptors (Lipinski definition) is 4. The van der Waals surface area contributed by atoms with Crippen molar-refractivity contribution < 1.29 is 14.3 Å². The minimum absolute atomic E-state index is 0.0255. The van der Waals surface area contributed by atoms with Crippen LogP contribution in [0.1, 0.15) is 38.8 Å². The zero-order valence-electron chi connectivity index (χ0n) is 14.6. The molecule has 1 aliphatic rings. The Morgan fingerprint density at radius 2 is 1.74 bits per heavy atom. The van der Waals surface area contributed by atoms with Crippen LogP contribution in [0.15, 0.2) is 12.1 Å². The first-order valence-electron chi connectivity index (χ1n) is 8.43. The monoisotopic (exact) mass is 320 g/mol. The minimum Gasteiger partial charge on any atom is -0.490 e. The molecule has 1 amide bonds. The lowest BCUT2D eigenvalue weighted by Crippen LogP contribution is -2.48. The van der Waals surface area contributed by atoms with Crippen LogP contribution in [0.2, 0.25) is 0 Å². The molecule has 1 aromatic rings. The van der Waals surface area contributed by atoms with E-state index in [9.17, 15) is 4.79 Å². The molecule has 0 bridgehead atoms. The van der Waals surface area contributed by atoms with Crippen molar-refractivity contribution in [2.24, 2.45) is 11.7 Å². The Labute approximate surface area is 138 Å². The van der Waals surface area contributed by atoms with Gasteiger partial charge in [0.1, 0.15) is 0 Å². The van der Waals surface area contributed by atoms with E-state index in [4.69, 9.17) is 15.2 Å². The molecule has 0 aromatic heterocycles. The molecule has 2 rings (SSSR count). The molecular weight excluding hydrogens is 292 g/mol. The molecule has 0 fully saturated rings. The van der Waals surface area contributed by atoms with Gasteiger partial charge >= 0.3 is 0 Å². The highest BCUT2D eigenvalue weighted by atomic mass is 16.5. The first-order valence-corrected chi connectivity index (χ1v) is 8.43. The van der Waals surface area contributed by atoms with E-state index in [0.717, 1.165) is 23.5 Å². The number of nitrogens with zero attached hydrogens (tertiary/aromatic N) is 1. The minimum atomic E-state index is -0.439. The van der Waals surface area contributed by atoms with Gasteiger partial charge in [0, 0.05) is 13.1 Å². The lowest BCUT2D eigenvalue weighted by molar-refractivity contribution is -0.134. The molecule has 2 N–H and O–H groups in total. The van der Waals surface area contributed by atoms with Crippen LogP contribution in [0.4, 0.5) is 0 Å². The highest BCUT2D eigenvalue weighted by Gasteiger charge is 2.27. The molecule has 1 aromatic carbocycles. The van der Waals surface area contributed by atoms with Gasteiger partial charge in [-0.3, -0.25) is 4.79 Å². The second-order valence-corrected chi connectivity index (χ2v) is 6.21. The van der Waals surface area contributed by atoms with Gasteiger partial charge < -0.3 is 20.1 Å². The van der Waals surface area contributed by atoms with Gasteiger partial charge in [-0.2, -0.15) is 0 Å². The Kier molecular flexibility index (Phi) is 5.88. The van der Waals surface area contributed by atoms with Gasteiger partial charge in [-0.1, -0.05) is 13.8 Å². The van der Waals surface area contributed by atoms with Crippen LogP contribution >= 0.6 is 0 Å². The standard InChI is InChI=1S/C18H28N2O3/c1-5-22-15-9-13-7-8-20(18(21)17(19)12(3)4)11-14(13)10-16(15)23-6-2/h9-10,12,17H,5-8,11,19H2,1-4H3/t17-/m0/s1. The number of nitrogens with two attached hydrogens (primary N) is 1. The fourth-order valence-electron chi connectivity index (χ4n) is 2.78. The van der Waals surface area contributed by atoms with Crippen LogP contribution in [0.5, 0.6) is 11.5 Å². The van der Waals surface area contributed by atoms with Crippen molar-refractivity contribution in [3.05, 3.63) is 23.3 Å². The van der Waals surface area contributed by atoms with Crippen molar-refractivity contribution in [2.45, 2.75) is 46.7 Å². The Morgan fingerprint density at radius 3 is 2.26 bits per heavy atom. The smallest absolute Gasteiger partial charge is 0.240 e. The summed E-state index contributed by atoms with van der Waals surface area (Å²) in [5.74, 6) is 1.70. The zero-order chi connectivity index (χ0) is 17.0. The van der Waals surface area contributed by atoms with E-state index in [1.54, 1.807) is 0 Å². The number of carbonyl (C=O) groups excluding carboxylic acids is 1. The molecule has 5 nitrogen and oxygen atoms in total. The highest BCUT2D eigenvalue weighted by Crippen LogP contribution is 2.34. The van der Waals surface area contributed by atoms with Gasteiger partial charge in [-0.05, 0) is 49.4 Å². The van der Waals surface area contributed by atoms with Crippen LogP contribution in [0, 0.1) is 5.92 Å². The van der Waals surface area contributed by atoms with Crippen molar-refractivity contribution in [3.63, 3.8) is 0 Å². The molecular formula is C18H28N2O3. The van der Waals surface area contributed by atoms with E-state index in [1.165, 1.54) is 5.56 Å².